The quantitative estimate of drug-likeness (QED) is 0.260. The van der Waals surface area contributed by atoms with Crippen LogP contribution in [0.3, 0.4) is 0 Å². The Hall–Kier alpha value is -0.160. The van der Waals surface area contributed by atoms with Crippen molar-refractivity contribution in [1.29, 1.82) is 0 Å². The van der Waals surface area contributed by atoms with Gasteiger partial charge in [-0.3, -0.25) is 0 Å². The first-order valence-electron chi connectivity index (χ1n) is 6.99. The van der Waals surface area contributed by atoms with E-state index in [0.29, 0.717) is 13.2 Å². The van der Waals surface area contributed by atoms with Crippen molar-refractivity contribution in [2.75, 3.05) is 13.2 Å². The van der Waals surface area contributed by atoms with Gasteiger partial charge in [-0.2, -0.15) is 0 Å². The van der Waals surface area contributed by atoms with Gasteiger partial charge in [0, 0.05) is 0 Å². The van der Waals surface area contributed by atoms with Crippen molar-refractivity contribution < 1.29 is 19.9 Å². The van der Waals surface area contributed by atoms with E-state index < -0.39 is 0 Å². The molecule has 0 bridgehead atoms. The van der Waals surface area contributed by atoms with Crippen molar-refractivity contribution in [2.45, 2.75) is 71.6 Å². The molecular weight excluding hydrogens is 220 g/mol. The first-order chi connectivity index (χ1) is 8.41. The Bertz CT molecular complexity index is 117. The Morgan fingerprint density at radius 3 is 1.71 bits per heavy atom. The average Bonchev–Trinajstić information content (AvgIpc) is 2.35. The average molecular weight is 248 g/mol. The second kappa shape index (κ2) is 15.8. The third-order valence-corrected chi connectivity index (χ3v) is 2.57. The molecule has 0 aliphatic carbocycles. The van der Waals surface area contributed by atoms with Crippen LogP contribution in [0.25, 0.3) is 0 Å². The van der Waals surface area contributed by atoms with E-state index in [1.807, 2.05) is 6.92 Å². The third kappa shape index (κ3) is 15.8. The van der Waals surface area contributed by atoms with Gasteiger partial charge in [0.25, 0.3) is 0 Å². The summed E-state index contributed by atoms with van der Waals surface area (Å²) in [5, 5.41) is 8.57. The molecule has 0 aliphatic rings. The zero-order chi connectivity index (χ0) is 12.6. The molecule has 0 spiro atoms. The summed E-state index contributed by atoms with van der Waals surface area (Å²) in [5.74, 6) is 0. The molecule has 0 aromatic heterocycles. The van der Waals surface area contributed by atoms with Gasteiger partial charge in [0.15, 0.2) is 0 Å². The van der Waals surface area contributed by atoms with Crippen molar-refractivity contribution >= 4 is 0 Å². The third-order valence-electron chi connectivity index (χ3n) is 2.57. The zero-order valence-corrected chi connectivity index (χ0v) is 11.4. The van der Waals surface area contributed by atoms with E-state index in [1.54, 1.807) is 0 Å². The van der Waals surface area contributed by atoms with E-state index in [4.69, 9.17) is 4.89 Å². The van der Waals surface area contributed by atoms with Crippen LogP contribution in [0.5, 0.6) is 0 Å². The molecule has 0 aromatic carbocycles. The van der Waals surface area contributed by atoms with Crippen LogP contribution in [0.1, 0.15) is 71.6 Å². The fraction of sp³-hybridized carbons (Fsp3) is 1.00. The van der Waals surface area contributed by atoms with Crippen LogP contribution < -0.4 is 0 Å². The molecule has 104 valence electrons. The van der Waals surface area contributed by atoms with Crippen LogP contribution in [-0.2, 0) is 19.9 Å². The lowest BCUT2D eigenvalue weighted by atomic mass is 10.1. The molecular formula is C13H28O4. The molecule has 0 aliphatic heterocycles. The van der Waals surface area contributed by atoms with E-state index in [1.165, 1.54) is 51.4 Å². The molecule has 0 radical (unpaired) electrons. The second-order valence-electron chi connectivity index (χ2n) is 4.19. The molecule has 17 heavy (non-hydrogen) atoms. The lowest BCUT2D eigenvalue weighted by molar-refractivity contribution is -0.633. The van der Waals surface area contributed by atoms with E-state index in [-0.39, 0.29) is 0 Å². The Morgan fingerprint density at radius 1 is 0.588 bits per heavy atom. The molecule has 0 N–H and O–H groups in total. The van der Waals surface area contributed by atoms with Gasteiger partial charge in [-0.05, 0) is 23.4 Å². The molecule has 0 saturated carbocycles. The molecule has 0 aromatic rings. The maximum Gasteiger partial charge on any atom is 0.0854 e. The Balaban J connectivity index is 2.85. The van der Waals surface area contributed by atoms with Crippen LogP contribution in [0, 0.1) is 0 Å². The van der Waals surface area contributed by atoms with Gasteiger partial charge < -0.3 is 0 Å². The van der Waals surface area contributed by atoms with Crippen molar-refractivity contribution in [3.63, 3.8) is 0 Å². The van der Waals surface area contributed by atoms with Gasteiger partial charge >= 0.3 is 0 Å². The van der Waals surface area contributed by atoms with E-state index in [9.17, 15) is 0 Å². The summed E-state index contributed by atoms with van der Waals surface area (Å²) in [4.78, 5) is 9.23. The maximum absolute atomic E-state index is 4.75. The lowest BCUT2D eigenvalue weighted by Crippen LogP contribution is -1.99. The molecule has 0 fully saturated rings. The predicted molar refractivity (Wildman–Crippen MR) is 67.0 cm³/mol. The monoisotopic (exact) mass is 248 g/mol. The summed E-state index contributed by atoms with van der Waals surface area (Å²) in [6.07, 6.45) is 11.6. The lowest BCUT2D eigenvalue weighted by Gasteiger charge is -2.02. The molecule has 4 nitrogen and oxygen atoms in total. The number of hydrogen-bond donors (Lipinski definition) is 0. The summed E-state index contributed by atoms with van der Waals surface area (Å²) in [6, 6.07) is 0. The molecule has 0 heterocycles. The number of hydrogen-bond acceptors (Lipinski definition) is 4. The maximum atomic E-state index is 4.75. The molecule has 4 heteroatoms. The van der Waals surface area contributed by atoms with Crippen LogP contribution in [-0.4, -0.2) is 13.2 Å². The normalized spacial score (nSPS) is 10.9. The second-order valence-corrected chi connectivity index (χ2v) is 4.19. The van der Waals surface area contributed by atoms with Crippen molar-refractivity contribution in [2.24, 2.45) is 0 Å². The minimum absolute atomic E-state index is 0.446. The highest BCUT2D eigenvalue weighted by molar-refractivity contribution is 4.45. The summed E-state index contributed by atoms with van der Waals surface area (Å²) in [5.41, 5.74) is 0. The topological polar surface area (TPSA) is 36.9 Å². The molecule has 0 atom stereocenters. The van der Waals surface area contributed by atoms with Crippen molar-refractivity contribution in [3.8, 4) is 0 Å². The minimum atomic E-state index is 0.446. The first kappa shape index (κ1) is 16.8. The summed E-state index contributed by atoms with van der Waals surface area (Å²) in [7, 11) is 0. The van der Waals surface area contributed by atoms with E-state index in [0.717, 1.165) is 6.42 Å². The molecule has 0 rings (SSSR count). The summed E-state index contributed by atoms with van der Waals surface area (Å²) in [6.45, 7) is 5.06. The highest BCUT2D eigenvalue weighted by Crippen LogP contribution is 2.09. The van der Waals surface area contributed by atoms with Gasteiger partial charge in [0.2, 0.25) is 0 Å². The predicted octanol–water partition coefficient (Wildman–Crippen LogP) is 4.35. The van der Waals surface area contributed by atoms with Gasteiger partial charge in [-0.1, -0.05) is 58.3 Å². The number of rotatable bonds is 14. The largest absolute Gasteiger partial charge is 0.204 e. The minimum Gasteiger partial charge on any atom is -0.204 e. The SMILES string of the molecule is CCCCCCCCCCCOOOOCC. The van der Waals surface area contributed by atoms with E-state index in [2.05, 4.69) is 21.9 Å². The summed E-state index contributed by atoms with van der Waals surface area (Å²) < 4.78 is 0. The van der Waals surface area contributed by atoms with Gasteiger partial charge in [0.05, 0.1) is 13.2 Å². The van der Waals surface area contributed by atoms with Crippen LogP contribution in [0.15, 0.2) is 0 Å². The smallest absolute Gasteiger partial charge is 0.0854 e. The fourth-order valence-corrected chi connectivity index (χ4v) is 1.59. The highest BCUT2D eigenvalue weighted by Gasteiger charge is 1.93. The highest BCUT2D eigenvalue weighted by atomic mass is 17.7. The van der Waals surface area contributed by atoms with Crippen LogP contribution in [0.2, 0.25) is 0 Å². The van der Waals surface area contributed by atoms with Crippen molar-refractivity contribution in [1.82, 2.24) is 0 Å². The van der Waals surface area contributed by atoms with Crippen molar-refractivity contribution in [3.05, 3.63) is 0 Å². The number of unbranched alkanes of at least 4 members (excludes halogenated alkanes) is 8. The Morgan fingerprint density at radius 2 is 1.12 bits per heavy atom. The van der Waals surface area contributed by atoms with Crippen LogP contribution >= 0.6 is 0 Å². The van der Waals surface area contributed by atoms with E-state index >= 15 is 0 Å². The molecule has 0 saturated heterocycles. The molecule has 0 amide bonds. The fourth-order valence-electron chi connectivity index (χ4n) is 1.59. The van der Waals surface area contributed by atoms with Gasteiger partial charge in [0.1, 0.15) is 0 Å². The van der Waals surface area contributed by atoms with Crippen LogP contribution in [0.4, 0.5) is 0 Å². The first-order valence-corrected chi connectivity index (χ1v) is 6.99. The summed E-state index contributed by atoms with van der Waals surface area (Å²) >= 11 is 0. The van der Waals surface area contributed by atoms with Gasteiger partial charge in [-0.15, -0.1) is 0 Å². The van der Waals surface area contributed by atoms with Gasteiger partial charge in [-0.25, -0.2) is 9.78 Å². The Labute approximate surface area is 105 Å². The molecule has 0 unspecified atom stereocenters. The zero-order valence-electron chi connectivity index (χ0n) is 11.4. The Kier molecular flexibility index (Phi) is 15.7. The standard InChI is InChI=1S/C13H28O4/c1-3-5-6-7-8-9-10-11-12-13-15-17-16-14-4-2/h3-13H2,1-2H3.